The van der Waals surface area contributed by atoms with Crippen LogP contribution in [0, 0.1) is 0 Å². The van der Waals surface area contributed by atoms with Crippen molar-refractivity contribution < 1.29 is 4.79 Å². The molecule has 1 amide bonds. The topological polar surface area (TPSA) is 58.1 Å². The van der Waals surface area contributed by atoms with Crippen molar-refractivity contribution in [1.29, 1.82) is 0 Å². The van der Waals surface area contributed by atoms with Crippen LogP contribution in [0.3, 0.4) is 0 Å². The fourth-order valence-corrected chi connectivity index (χ4v) is 1.73. The van der Waals surface area contributed by atoms with Crippen molar-refractivity contribution in [2.75, 3.05) is 24.3 Å². The summed E-state index contributed by atoms with van der Waals surface area (Å²) in [5.41, 5.74) is 0.196. The van der Waals surface area contributed by atoms with Gasteiger partial charge in [-0.15, -0.1) is 0 Å². The molecule has 0 atom stereocenters. The molecule has 19 heavy (non-hydrogen) atoms. The molecule has 0 saturated heterocycles. The molecule has 0 unspecified atom stereocenters. The van der Waals surface area contributed by atoms with E-state index in [1.165, 1.54) is 4.90 Å². The van der Waals surface area contributed by atoms with Gasteiger partial charge >= 0.3 is 0 Å². The van der Waals surface area contributed by atoms with E-state index in [1.54, 1.807) is 44.6 Å². The van der Waals surface area contributed by atoms with Crippen molar-refractivity contribution in [3.8, 4) is 0 Å². The van der Waals surface area contributed by atoms with Crippen LogP contribution in [0.1, 0.15) is 10.5 Å². The van der Waals surface area contributed by atoms with E-state index in [0.717, 1.165) is 0 Å². The molecule has 0 aromatic carbocycles. The monoisotopic (exact) mass is 276 g/mol. The summed E-state index contributed by atoms with van der Waals surface area (Å²) in [5.74, 6) is 0.822. The van der Waals surface area contributed by atoms with Gasteiger partial charge in [0.25, 0.3) is 5.91 Å². The maximum atomic E-state index is 12.3. The van der Waals surface area contributed by atoms with Gasteiger partial charge in [-0.1, -0.05) is 17.7 Å². The van der Waals surface area contributed by atoms with E-state index in [4.69, 9.17) is 11.6 Å². The van der Waals surface area contributed by atoms with Crippen LogP contribution in [0.15, 0.2) is 36.5 Å². The lowest BCUT2D eigenvalue weighted by molar-refractivity contribution is 0.0988. The normalized spacial score (nSPS) is 10.1. The standard InChI is InChI=1S/C13H13ClN4O/c1-15-10-7-6-9(14)12(17-10)13(19)18(2)11-5-3-4-8-16-11/h3-8H,1-2H3,(H,15,17). The molecular weight excluding hydrogens is 264 g/mol. The Labute approximate surface area is 116 Å². The number of nitrogens with one attached hydrogen (secondary N) is 1. The second-order valence-corrected chi connectivity index (χ2v) is 4.24. The van der Waals surface area contributed by atoms with Crippen LogP contribution in [0.2, 0.25) is 5.02 Å². The lowest BCUT2D eigenvalue weighted by Crippen LogP contribution is -2.28. The number of amides is 1. The molecule has 2 aromatic rings. The van der Waals surface area contributed by atoms with Crippen LogP contribution in [-0.4, -0.2) is 30.0 Å². The summed E-state index contributed by atoms with van der Waals surface area (Å²) in [7, 11) is 3.36. The number of hydrogen-bond donors (Lipinski definition) is 1. The zero-order chi connectivity index (χ0) is 13.8. The predicted molar refractivity (Wildman–Crippen MR) is 75.8 cm³/mol. The number of nitrogens with zero attached hydrogens (tertiary/aromatic N) is 3. The maximum Gasteiger partial charge on any atom is 0.279 e. The van der Waals surface area contributed by atoms with Gasteiger partial charge in [-0.05, 0) is 24.3 Å². The van der Waals surface area contributed by atoms with E-state index >= 15 is 0 Å². The van der Waals surface area contributed by atoms with Crippen LogP contribution in [0.5, 0.6) is 0 Å². The first-order valence-corrected chi connectivity index (χ1v) is 6.04. The Morgan fingerprint density at radius 3 is 2.74 bits per heavy atom. The van der Waals surface area contributed by atoms with E-state index in [2.05, 4.69) is 15.3 Å². The van der Waals surface area contributed by atoms with Gasteiger partial charge in [0.15, 0.2) is 0 Å². The van der Waals surface area contributed by atoms with Crippen molar-refractivity contribution in [3.05, 3.63) is 47.2 Å². The van der Waals surface area contributed by atoms with E-state index < -0.39 is 0 Å². The van der Waals surface area contributed by atoms with Crippen LogP contribution >= 0.6 is 11.6 Å². The van der Waals surface area contributed by atoms with Gasteiger partial charge in [-0.25, -0.2) is 9.97 Å². The van der Waals surface area contributed by atoms with E-state index in [1.807, 2.05) is 6.07 Å². The van der Waals surface area contributed by atoms with Gasteiger partial charge in [0.05, 0.1) is 5.02 Å². The first kappa shape index (κ1) is 13.3. The molecule has 0 saturated carbocycles. The summed E-state index contributed by atoms with van der Waals surface area (Å²) in [4.78, 5) is 22.0. The number of hydrogen-bond acceptors (Lipinski definition) is 4. The number of aromatic nitrogens is 2. The molecule has 0 aliphatic carbocycles. The number of anilines is 2. The number of carbonyl (C=O) groups excluding carboxylic acids is 1. The summed E-state index contributed by atoms with van der Waals surface area (Å²) >= 11 is 6.02. The number of pyridine rings is 2. The molecule has 98 valence electrons. The highest BCUT2D eigenvalue weighted by Crippen LogP contribution is 2.19. The number of halogens is 1. The third-order valence-corrected chi connectivity index (χ3v) is 2.91. The first-order valence-electron chi connectivity index (χ1n) is 5.67. The summed E-state index contributed by atoms with van der Waals surface area (Å²) in [6, 6.07) is 8.69. The predicted octanol–water partition coefficient (Wildman–Crippen LogP) is 2.45. The number of rotatable bonds is 3. The third kappa shape index (κ3) is 2.82. The molecular formula is C13H13ClN4O. The third-order valence-electron chi connectivity index (χ3n) is 2.60. The Bertz CT molecular complexity index is 588. The Morgan fingerprint density at radius 2 is 2.11 bits per heavy atom. The van der Waals surface area contributed by atoms with Crippen molar-refractivity contribution in [2.45, 2.75) is 0 Å². The van der Waals surface area contributed by atoms with Gasteiger partial charge in [0, 0.05) is 20.3 Å². The summed E-state index contributed by atoms with van der Waals surface area (Å²) < 4.78 is 0. The molecule has 6 heteroatoms. The Morgan fingerprint density at radius 1 is 1.32 bits per heavy atom. The molecule has 0 fully saturated rings. The highest BCUT2D eigenvalue weighted by atomic mass is 35.5. The quantitative estimate of drug-likeness (QED) is 0.935. The fourth-order valence-electron chi connectivity index (χ4n) is 1.55. The average Bonchev–Trinajstić information content (AvgIpc) is 2.47. The minimum Gasteiger partial charge on any atom is -0.373 e. The molecule has 2 heterocycles. The molecule has 1 N–H and O–H groups in total. The maximum absolute atomic E-state index is 12.3. The second kappa shape index (κ2) is 5.67. The van der Waals surface area contributed by atoms with Crippen LogP contribution in [0.4, 0.5) is 11.6 Å². The van der Waals surface area contributed by atoms with Gasteiger partial charge in [0.2, 0.25) is 0 Å². The molecule has 2 aromatic heterocycles. The minimum atomic E-state index is -0.305. The van der Waals surface area contributed by atoms with Gasteiger partial charge in [-0.3, -0.25) is 9.69 Å². The Hall–Kier alpha value is -2.14. The zero-order valence-corrected chi connectivity index (χ0v) is 11.3. The van der Waals surface area contributed by atoms with Crippen molar-refractivity contribution in [2.24, 2.45) is 0 Å². The van der Waals surface area contributed by atoms with Gasteiger partial charge < -0.3 is 5.32 Å². The fraction of sp³-hybridized carbons (Fsp3) is 0.154. The summed E-state index contributed by atoms with van der Waals surface area (Å²) in [5, 5.41) is 3.18. The second-order valence-electron chi connectivity index (χ2n) is 3.83. The molecule has 5 nitrogen and oxygen atoms in total. The SMILES string of the molecule is CNc1ccc(Cl)c(C(=O)N(C)c2ccccn2)n1. The van der Waals surface area contributed by atoms with E-state index in [0.29, 0.717) is 16.7 Å². The smallest absolute Gasteiger partial charge is 0.279 e. The molecule has 2 rings (SSSR count). The van der Waals surface area contributed by atoms with Gasteiger partial charge in [-0.2, -0.15) is 0 Å². The van der Waals surface area contributed by atoms with E-state index in [-0.39, 0.29) is 11.6 Å². The lowest BCUT2D eigenvalue weighted by Gasteiger charge is -2.16. The molecule has 0 aliphatic rings. The van der Waals surface area contributed by atoms with Crippen molar-refractivity contribution in [3.63, 3.8) is 0 Å². The lowest BCUT2D eigenvalue weighted by atomic mass is 10.3. The molecule has 0 radical (unpaired) electrons. The summed E-state index contributed by atoms with van der Waals surface area (Å²) in [6.07, 6.45) is 1.62. The highest BCUT2D eigenvalue weighted by molar-refractivity contribution is 6.34. The van der Waals surface area contributed by atoms with Gasteiger partial charge in [0.1, 0.15) is 17.3 Å². The number of carbonyl (C=O) groups is 1. The van der Waals surface area contributed by atoms with Crippen LogP contribution in [0.25, 0.3) is 0 Å². The van der Waals surface area contributed by atoms with Crippen LogP contribution < -0.4 is 10.2 Å². The minimum absolute atomic E-state index is 0.196. The van der Waals surface area contributed by atoms with Crippen molar-refractivity contribution in [1.82, 2.24) is 9.97 Å². The molecule has 0 spiro atoms. The summed E-state index contributed by atoms with van der Waals surface area (Å²) in [6.45, 7) is 0. The largest absolute Gasteiger partial charge is 0.373 e. The highest BCUT2D eigenvalue weighted by Gasteiger charge is 2.19. The van der Waals surface area contributed by atoms with Crippen LogP contribution in [-0.2, 0) is 0 Å². The average molecular weight is 277 g/mol. The molecule has 0 aliphatic heterocycles. The first-order chi connectivity index (χ1) is 9.13. The van der Waals surface area contributed by atoms with E-state index in [9.17, 15) is 4.79 Å². The zero-order valence-electron chi connectivity index (χ0n) is 10.6. The Balaban J connectivity index is 2.34. The van der Waals surface area contributed by atoms with Crippen molar-refractivity contribution >= 4 is 29.1 Å². The molecule has 0 bridgehead atoms. The Kier molecular flexibility index (Phi) is 3.97.